The Morgan fingerprint density at radius 3 is 2.52 bits per heavy atom. The van der Waals surface area contributed by atoms with E-state index in [4.69, 9.17) is 0 Å². The third kappa shape index (κ3) is 4.30. The summed E-state index contributed by atoms with van der Waals surface area (Å²) >= 11 is 1.05. The van der Waals surface area contributed by atoms with Crippen molar-refractivity contribution in [2.45, 2.75) is 24.3 Å². The molecule has 3 aromatic rings. The number of anilines is 1. The Morgan fingerprint density at radius 1 is 1.11 bits per heavy atom. The van der Waals surface area contributed by atoms with Crippen LogP contribution in [0.2, 0.25) is 0 Å². The Balaban J connectivity index is 1.67. The highest BCUT2D eigenvalue weighted by Gasteiger charge is 2.21. The van der Waals surface area contributed by atoms with E-state index in [2.05, 4.69) is 20.5 Å². The number of thioether (sulfide) groups is 1. The largest absolute Gasteiger partial charge is 0.323 e. The van der Waals surface area contributed by atoms with Crippen molar-refractivity contribution in [1.29, 1.82) is 0 Å². The van der Waals surface area contributed by atoms with Crippen LogP contribution in [0.3, 0.4) is 0 Å². The summed E-state index contributed by atoms with van der Waals surface area (Å²) in [7, 11) is 0. The molecule has 0 spiro atoms. The summed E-state index contributed by atoms with van der Waals surface area (Å²) in [5, 5.41) is 8.72. The van der Waals surface area contributed by atoms with Gasteiger partial charge in [0, 0.05) is 5.56 Å². The van der Waals surface area contributed by atoms with E-state index in [0.717, 1.165) is 35.0 Å². The van der Waals surface area contributed by atoms with E-state index in [-0.39, 0.29) is 0 Å². The number of aryl methyl sites for hydroxylation is 1. The van der Waals surface area contributed by atoms with E-state index in [1.54, 1.807) is 6.92 Å². The average molecular weight is 392 g/mol. The van der Waals surface area contributed by atoms with Crippen LogP contribution in [0.15, 0.2) is 41.6 Å². The molecule has 1 aromatic heterocycles. The van der Waals surface area contributed by atoms with Gasteiger partial charge in [-0.2, -0.15) is 0 Å². The van der Waals surface area contributed by atoms with Gasteiger partial charge in [0.1, 0.15) is 0 Å². The molecule has 0 aliphatic rings. The fourth-order valence-electron chi connectivity index (χ4n) is 2.21. The van der Waals surface area contributed by atoms with Crippen LogP contribution in [-0.4, -0.2) is 26.3 Å². The van der Waals surface area contributed by atoms with Crippen LogP contribution >= 0.6 is 11.8 Å². The first kappa shape index (κ1) is 19.0. The van der Waals surface area contributed by atoms with Gasteiger partial charge in [-0.25, -0.2) is 18.2 Å². The number of hydrogen-bond acceptors (Lipinski definition) is 4. The molecule has 2 N–H and O–H groups in total. The molecule has 2 aromatic carbocycles. The molecule has 9 heteroatoms. The van der Waals surface area contributed by atoms with E-state index in [9.17, 15) is 18.0 Å². The van der Waals surface area contributed by atoms with Crippen LogP contribution in [0.1, 0.15) is 12.5 Å². The maximum absolute atomic E-state index is 13.7. The number of carbonyl (C=O) groups is 1. The lowest BCUT2D eigenvalue weighted by Gasteiger charge is -2.11. The Hall–Kier alpha value is -2.81. The van der Waals surface area contributed by atoms with Crippen LogP contribution in [0, 0.1) is 24.4 Å². The first-order valence-corrected chi connectivity index (χ1v) is 8.83. The maximum Gasteiger partial charge on any atom is 0.237 e. The fraction of sp³-hybridized carbons (Fsp3) is 0.167. The molecular formula is C18H15F3N4OS. The van der Waals surface area contributed by atoms with Gasteiger partial charge in [0.05, 0.1) is 10.9 Å². The van der Waals surface area contributed by atoms with Crippen molar-refractivity contribution >= 4 is 23.4 Å². The molecular weight excluding hydrogens is 377 g/mol. The van der Waals surface area contributed by atoms with Gasteiger partial charge < -0.3 is 5.32 Å². The molecule has 140 valence electrons. The molecule has 1 heterocycles. The number of aromatic nitrogens is 3. The maximum atomic E-state index is 13.7. The molecule has 1 amide bonds. The molecule has 5 nitrogen and oxygen atoms in total. The summed E-state index contributed by atoms with van der Waals surface area (Å²) in [5.74, 6) is -4.44. The SMILES string of the molecule is Cc1ccc(-c2nc(S[C@@H](C)C(=O)Nc3ccc(F)c(F)c3F)n[nH]2)cc1. The van der Waals surface area contributed by atoms with E-state index in [1.165, 1.54) is 0 Å². The lowest BCUT2D eigenvalue weighted by molar-refractivity contribution is -0.115. The summed E-state index contributed by atoms with van der Waals surface area (Å²) in [6, 6.07) is 9.38. The summed E-state index contributed by atoms with van der Waals surface area (Å²) in [4.78, 5) is 16.5. The van der Waals surface area contributed by atoms with Crippen LogP contribution < -0.4 is 5.32 Å². The predicted octanol–water partition coefficient (Wildman–Crippen LogP) is 4.32. The van der Waals surface area contributed by atoms with E-state index < -0.39 is 34.3 Å². The number of aromatic amines is 1. The van der Waals surface area contributed by atoms with E-state index >= 15 is 0 Å². The van der Waals surface area contributed by atoms with Crippen LogP contribution in [0.5, 0.6) is 0 Å². The Morgan fingerprint density at radius 2 is 1.81 bits per heavy atom. The molecule has 0 aliphatic heterocycles. The van der Waals surface area contributed by atoms with Crippen molar-refractivity contribution in [2.75, 3.05) is 5.32 Å². The molecule has 0 unspecified atom stereocenters. The zero-order valence-electron chi connectivity index (χ0n) is 14.4. The Kier molecular flexibility index (Phi) is 5.50. The third-order valence-corrected chi connectivity index (χ3v) is 4.70. The highest BCUT2D eigenvalue weighted by Crippen LogP contribution is 2.25. The van der Waals surface area contributed by atoms with Crippen molar-refractivity contribution < 1.29 is 18.0 Å². The molecule has 0 bridgehead atoms. The number of nitrogens with zero attached hydrogens (tertiary/aromatic N) is 2. The highest BCUT2D eigenvalue weighted by atomic mass is 32.2. The minimum atomic E-state index is -1.63. The second-order valence-corrected chi connectivity index (χ2v) is 7.11. The smallest absolute Gasteiger partial charge is 0.237 e. The number of halogens is 3. The van der Waals surface area contributed by atoms with Crippen LogP contribution in [-0.2, 0) is 4.79 Å². The number of hydrogen-bond donors (Lipinski definition) is 2. The van der Waals surface area contributed by atoms with Crippen molar-refractivity contribution in [3.05, 3.63) is 59.4 Å². The third-order valence-electron chi connectivity index (χ3n) is 3.73. The summed E-state index contributed by atoms with van der Waals surface area (Å²) in [5.41, 5.74) is 1.53. The first-order chi connectivity index (χ1) is 12.8. The average Bonchev–Trinajstić information content (AvgIpc) is 3.11. The van der Waals surface area contributed by atoms with Crippen LogP contribution in [0.25, 0.3) is 11.4 Å². The second kappa shape index (κ2) is 7.83. The van der Waals surface area contributed by atoms with Gasteiger partial charge in [-0.05, 0) is 26.0 Å². The van der Waals surface area contributed by atoms with Crippen molar-refractivity contribution in [3.8, 4) is 11.4 Å². The topological polar surface area (TPSA) is 70.7 Å². The van der Waals surface area contributed by atoms with Gasteiger partial charge in [-0.3, -0.25) is 9.89 Å². The van der Waals surface area contributed by atoms with E-state index in [0.29, 0.717) is 11.0 Å². The molecule has 1 atom stereocenters. The fourth-order valence-corrected chi connectivity index (χ4v) is 2.93. The normalized spacial score (nSPS) is 12.0. The summed E-state index contributed by atoms with van der Waals surface area (Å²) in [6.45, 7) is 3.54. The van der Waals surface area contributed by atoms with Gasteiger partial charge in [0.25, 0.3) is 0 Å². The second-order valence-electron chi connectivity index (χ2n) is 5.80. The van der Waals surface area contributed by atoms with Gasteiger partial charge in [0.15, 0.2) is 23.3 Å². The minimum Gasteiger partial charge on any atom is -0.323 e. The van der Waals surface area contributed by atoms with E-state index in [1.807, 2.05) is 31.2 Å². The number of nitrogens with one attached hydrogen (secondary N) is 2. The quantitative estimate of drug-likeness (QED) is 0.501. The molecule has 0 saturated carbocycles. The molecule has 0 saturated heterocycles. The van der Waals surface area contributed by atoms with Gasteiger partial charge in [0.2, 0.25) is 11.1 Å². The van der Waals surface area contributed by atoms with Gasteiger partial charge in [-0.15, -0.1) is 5.10 Å². The monoisotopic (exact) mass is 392 g/mol. The molecule has 3 rings (SSSR count). The van der Waals surface area contributed by atoms with Crippen LogP contribution in [0.4, 0.5) is 18.9 Å². The highest BCUT2D eigenvalue weighted by molar-refractivity contribution is 8.00. The lowest BCUT2D eigenvalue weighted by Crippen LogP contribution is -2.23. The number of benzene rings is 2. The number of rotatable bonds is 5. The van der Waals surface area contributed by atoms with Gasteiger partial charge >= 0.3 is 0 Å². The Labute approximate surface area is 157 Å². The van der Waals surface area contributed by atoms with Gasteiger partial charge in [-0.1, -0.05) is 41.6 Å². The first-order valence-electron chi connectivity index (χ1n) is 7.95. The van der Waals surface area contributed by atoms with Crippen molar-refractivity contribution in [1.82, 2.24) is 15.2 Å². The lowest BCUT2D eigenvalue weighted by atomic mass is 10.1. The minimum absolute atomic E-state index is 0.332. The zero-order valence-corrected chi connectivity index (χ0v) is 15.2. The summed E-state index contributed by atoms with van der Waals surface area (Å²) < 4.78 is 39.9. The zero-order chi connectivity index (χ0) is 19.6. The van der Waals surface area contributed by atoms with Crippen molar-refractivity contribution in [3.63, 3.8) is 0 Å². The Bertz CT molecular complexity index is 975. The molecule has 0 aliphatic carbocycles. The number of carbonyl (C=O) groups excluding carboxylic acids is 1. The molecule has 27 heavy (non-hydrogen) atoms. The summed E-state index contributed by atoms with van der Waals surface area (Å²) in [6.07, 6.45) is 0. The standard InChI is InChI=1S/C18H15F3N4OS/c1-9-3-5-11(6-4-9)16-23-18(25-24-16)27-10(2)17(26)22-13-8-7-12(19)14(20)15(13)21/h3-8,10H,1-2H3,(H,22,26)(H,23,24,25)/t10-/m0/s1. The van der Waals surface area contributed by atoms with Crippen molar-refractivity contribution in [2.24, 2.45) is 0 Å². The predicted molar refractivity (Wildman–Crippen MR) is 96.8 cm³/mol. The molecule has 0 radical (unpaired) electrons. The molecule has 0 fully saturated rings. The number of H-pyrrole nitrogens is 1. The number of amides is 1.